The van der Waals surface area contributed by atoms with Crippen molar-refractivity contribution in [1.82, 2.24) is 0 Å². The largest absolute Gasteiger partial charge is 0.456 e. The highest BCUT2D eigenvalue weighted by atomic mass is 32.1. The van der Waals surface area contributed by atoms with Crippen LogP contribution in [0.4, 0.5) is 17.1 Å². The van der Waals surface area contributed by atoms with E-state index in [0.717, 1.165) is 39.0 Å². The van der Waals surface area contributed by atoms with Crippen LogP contribution in [0.1, 0.15) is 0 Å². The van der Waals surface area contributed by atoms with Crippen LogP contribution in [0.15, 0.2) is 180 Å². The summed E-state index contributed by atoms with van der Waals surface area (Å²) in [4.78, 5) is 2.41. The Balaban J connectivity index is 1.23. The number of rotatable bonds is 5. The zero-order valence-electron chi connectivity index (χ0n) is 26.5. The topological polar surface area (TPSA) is 16.4 Å². The molecule has 0 spiro atoms. The van der Waals surface area contributed by atoms with Crippen molar-refractivity contribution in [3.63, 3.8) is 0 Å². The lowest BCUT2D eigenvalue weighted by Gasteiger charge is -2.28. The average molecular weight is 644 g/mol. The SMILES string of the molecule is c1cc(-c2cccc3sc4ccccc4c23)cc(N(c2ccc3oc4ccccc4c3c2)c2ccccc2-c2cccc3ccccc23)c1. The molecule has 0 bridgehead atoms. The lowest BCUT2D eigenvalue weighted by atomic mass is 9.95. The first kappa shape index (κ1) is 27.9. The molecule has 0 radical (unpaired) electrons. The third-order valence-electron chi connectivity index (χ3n) is 9.66. The molecule has 10 aromatic rings. The first-order valence-corrected chi connectivity index (χ1v) is 17.4. The number of hydrogen-bond acceptors (Lipinski definition) is 3. The minimum absolute atomic E-state index is 0.886. The summed E-state index contributed by atoms with van der Waals surface area (Å²) in [5.74, 6) is 0. The third-order valence-corrected chi connectivity index (χ3v) is 10.8. The van der Waals surface area contributed by atoms with E-state index in [-0.39, 0.29) is 0 Å². The van der Waals surface area contributed by atoms with Gasteiger partial charge in [0, 0.05) is 47.9 Å². The molecule has 230 valence electrons. The molecule has 8 aromatic carbocycles. The summed E-state index contributed by atoms with van der Waals surface area (Å²) in [6.07, 6.45) is 0. The molecule has 2 nitrogen and oxygen atoms in total. The molecule has 0 saturated carbocycles. The third kappa shape index (κ3) is 4.55. The zero-order chi connectivity index (χ0) is 32.3. The Morgan fingerprint density at radius 1 is 0.408 bits per heavy atom. The lowest BCUT2D eigenvalue weighted by molar-refractivity contribution is 0.669. The molecule has 0 atom stereocenters. The highest BCUT2D eigenvalue weighted by Gasteiger charge is 2.21. The van der Waals surface area contributed by atoms with Gasteiger partial charge in [0.05, 0.1) is 5.69 Å². The zero-order valence-corrected chi connectivity index (χ0v) is 27.3. The van der Waals surface area contributed by atoms with Gasteiger partial charge in [-0.3, -0.25) is 0 Å². The van der Waals surface area contributed by atoms with E-state index in [9.17, 15) is 0 Å². The molecule has 2 aromatic heterocycles. The van der Waals surface area contributed by atoms with Crippen molar-refractivity contribution < 1.29 is 4.42 Å². The Kier molecular flexibility index (Phi) is 6.39. The van der Waals surface area contributed by atoms with Gasteiger partial charge < -0.3 is 9.32 Å². The smallest absolute Gasteiger partial charge is 0.135 e. The number of furan rings is 1. The van der Waals surface area contributed by atoms with Gasteiger partial charge in [-0.2, -0.15) is 0 Å². The van der Waals surface area contributed by atoms with Crippen LogP contribution in [-0.2, 0) is 0 Å². The number of hydrogen-bond donors (Lipinski definition) is 0. The van der Waals surface area contributed by atoms with Gasteiger partial charge in [0.2, 0.25) is 0 Å². The highest BCUT2D eigenvalue weighted by molar-refractivity contribution is 7.25. The Bertz CT molecular complexity index is 2850. The molecule has 49 heavy (non-hydrogen) atoms. The lowest BCUT2D eigenvalue weighted by Crippen LogP contribution is -2.11. The maximum Gasteiger partial charge on any atom is 0.135 e. The van der Waals surface area contributed by atoms with Crippen molar-refractivity contribution in [1.29, 1.82) is 0 Å². The minimum atomic E-state index is 0.886. The van der Waals surface area contributed by atoms with Crippen LogP contribution in [0, 0.1) is 0 Å². The molecule has 0 aliphatic heterocycles. The summed E-state index contributed by atoms with van der Waals surface area (Å²) in [6.45, 7) is 0. The van der Waals surface area contributed by atoms with Crippen LogP contribution in [-0.4, -0.2) is 0 Å². The van der Waals surface area contributed by atoms with Gasteiger partial charge in [-0.25, -0.2) is 0 Å². The molecule has 0 N–H and O–H groups in total. The van der Waals surface area contributed by atoms with E-state index in [1.165, 1.54) is 53.2 Å². The molecule has 0 aliphatic rings. The van der Waals surface area contributed by atoms with Crippen LogP contribution >= 0.6 is 11.3 Å². The van der Waals surface area contributed by atoms with Crippen LogP contribution in [0.2, 0.25) is 0 Å². The molecule has 2 heterocycles. The second-order valence-electron chi connectivity index (χ2n) is 12.5. The summed E-state index contributed by atoms with van der Waals surface area (Å²) in [6, 6.07) is 63.3. The van der Waals surface area contributed by atoms with Crippen molar-refractivity contribution in [2.75, 3.05) is 4.90 Å². The molecule has 0 unspecified atom stereocenters. The van der Waals surface area contributed by atoms with E-state index in [1.807, 2.05) is 23.5 Å². The fraction of sp³-hybridized carbons (Fsp3) is 0. The Hall–Kier alpha value is -6.16. The second kappa shape index (κ2) is 11.2. The van der Waals surface area contributed by atoms with Crippen molar-refractivity contribution in [2.45, 2.75) is 0 Å². The maximum atomic E-state index is 6.27. The Labute approximate surface area is 287 Å². The van der Waals surface area contributed by atoms with Gasteiger partial charge in [0.1, 0.15) is 11.2 Å². The fourth-order valence-electron chi connectivity index (χ4n) is 7.46. The number of fused-ring (bicyclic) bond motifs is 7. The summed E-state index contributed by atoms with van der Waals surface area (Å²) < 4.78 is 8.89. The number of thiophene rings is 1. The molecule has 3 heteroatoms. The van der Waals surface area contributed by atoms with Gasteiger partial charge in [-0.1, -0.05) is 121 Å². The van der Waals surface area contributed by atoms with Gasteiger partial charge >= 0.3 is 0 Å². The van der Waals surface area contributed by atoms with Gasteiger partial charge in [0.25, 0.3) is 0 Å². The second-order valence-corrected chi connectivity index (χ2v) is 13.6. The van der Waals surface area contributed by atoms with Crippen LogP contribution in [0.25, 0.3) is 75.1 Å². The predicted molar refractivity (Wildman–Crippen MR) is 210 cm³/mol. The summed E-state index contributed by atoms with van der Waals surface area (Å²) >= 11 is 1.86. The van der Waals surface area contributed by atoms with E-state index in [4.69, 9.17) is 4.42 Å². The summed E-state index contributed by atoms with van der Waals surface area (Å²) in [5.41, 5.74) is 9.88. The standard InChI is InChI=1S/C46H29NOS/c1-2-16-34-30(12-1)13-10-21-36(34)37-17-3-6-22-41(37)47(33-26-27-43-40(29-33)38-18-4-7-23-42(38)48-43)32-15-9-14-31(28-32)35-20-11-25-45-46(35)39-19-5-8-24-44(39)49-45/h1-29H. The number of benzene rings is 8. The summed E-state index contributed by atoms with van der Waals surface area (Å²) in [7, 11) is 0. The number of nitrogens with zero attached hydrogens (tertiary/aromatic N) is 1. The van der Waals surface area contributed by atoms with Crippen molar-refractivity contribution in [3.05, 3.63) is 176 Å². The number of para-hydroxylation sites is 2. The summed E-state index contributed by atoms with van der Waals surface area (Å²) in [5, 5.41) is 7.30. The predicted octanol–water partition coefficient (Wildman–Crippen LogP) is 13.9. The average Bonchev–Trinajstić information content (AvgIpc) is 3.73. The van der Waals surface area contributed by atoms with Gasteiger partial charge in [-0.05, 0) is 82.1 Å². The van der Waals surface area contributed by atoms with Crippen molar-refractivity contribution >= 4 is 81.3 Å². The molecule has 0 aliphatic carbocycles. The van der Waals surface area contributed by atoms with Crippen LogP contribution in [0.5, 0.6) is 0 Å². The molecule has 10 rings (SSSR count). The van der Waals surface area contributed by atoms with E-state index < -0.39 is 0 Å². The Morgan fingerprint density at radius 3 is 2.02 bits per heavy atom. The molecule has 0 saturated heterocycles. The molecular weight excluding hydrogens is 615 g/mol. The van der Waals surface area contributed by atoms with Gasteiger partial charge in [0.15, 0.2) is 0 Å². The minimum Gasteiger partial charge on any atom is -0.456 e. The van der Waals surface area contributed by atoms with Crippen LogP contribution in [0.3, 0.4) is 0 Å². The van der Waals surface area contributed by atoms with Crippen LogP contribution < -0.4 is 4.90 Å². The van der Waals surface area contributed by atoms with E-state index in [1.54, 1.807) is 0 Å². The Morgan fingerprint density at radius 2 is 1.06 bits per heavy atom. The number of anilines is 3. The fourth-order valence-corrected chi connectivity index (χ4v) is 8.60. The molecular formula is C46H29NOS. The van der Waals surface area contributed by atoms with Crippen molar-refractivity contribution in [3.8, 4) is 22.3 Å². The monoisotopic (exact) mass is 643 g/mol. The van der Waals surface area contributed by atoms with Crippen molar-refractivity contribution in [2.24, 2.45) is 0 Å². The van der Waals surface area contributed by atoms with E-state index >= 15 is 0 Å². The first-order chi connectivity index (χ1) is 24.3. The normalized spacial score (nSPS) is 11.7. The van der Waals surface area contributed by atoms with Gasteiger partial charge in [-0.15, -0.1) is 11.3 Å². The molecule has 0 fully saturated rings. The first-order valence-electron chi connectivity index (χ1n) is 16.6. The van der Waals surface area contributed by atoms with E-state index in [2.05, 4.69) is 169 Å². The van der Waals surface area contributed by atoms with E-state index in [0.29, 0.717) is 0 Å². The highest BCUT2D eigenvalue weighted by Crippen LogP contribution is 2.46. The molecule has 0 amide bonds. The maximum absolute atomic E-state index is 6.27. The quantitative estimate of drug-likeness (QED) is 0.186.